The van der Waals surface area contributed by atoms with Crippen molar-refractivity contribution >= 4 is 5.91 Å². The first-order chi connectivity index (χ1) is 9.71. The van der Waals surface area contributed by atoms with Crippen LogP contribution in [-0.4, -0.2) is 41.1 Å². The highest BCUT2D eigenvalue weighted by molar-refractivity contribution is 5.78. The average Bonchev–Trinajstić information content (AvgIpc) is 2.36. The predicted molar refractivity (Wildman–Crippen MR) is 86.1 cm³/mol. The largest absolute Gasteiger partial charge is 0.387 e. The zero-order valence-electron chi connectivity index (χ0n) is 13.8. The van der Waals surface area contributed by atoms with Gasteiger partial charge < -0.3 is 10.4 Å². The summed E-state index contributed by atoms with van der Waals surface area (Å²) in [5, 5.41) is 13.2. The van der Waals surface area contributed by atoms with Gasteiger partial charge in [0, 0.05) is 12.1 Å². The normalized spacial score (nSPS) is 13.3. The Morgan fingerprint density at radius 1 is 1.29 bits per heavy atom. The summed E-state index contributed by atoms with van der Waals surface area (Å²) in [5.74, 6) is -0.0135. The summed E-state index contributed by atoms with van der Waals surface area (Å²) in [7, 11) is 0. The van der Waals surface area contributed by atoms with E-state index in [1.54, 1.807) is 0 Å². The Bertz CT molecular complexity index is 449. The SMILES string of the molecule is CCN(CC(=O)NC(C)(C)C)CC(O)c1ccc(C)cc1. The van der Waals surface area contributed by atoms with Crippen LogP contribution in [0.5, 0.6) is 0 Å². The molecule has 0 aliphatic heterocycles. The number of amides is 1. The number of aliphatic hydroxyl groups excluding tert-OH is 1. The van der Waals surface area contributed by atoms with Gasteiger partial charge in [-0.25, -0.2) is 0 Å². The number of likely N-dealkylation sites (N-methyl/N-ethyl adjacent to an activating group) is 1. The van der Waals surface area contributed by atoms with E-state index >= 15 is 0 Å². The van der Waals surface area contributed by atoms with E-state index in [0.29, 0.717) is 13.1 Å². The first-order valence-electron chi connectivity index (χ1n) is 7.49. The summed E-state index contributed by atoms with van der Waals surface area (Å²) in [6, 6.07) is 7.84. The van der Waals surface area contributed by atoms with Gasteiger partial charge in [0.25, 0.3) is 0 Å². The number of hydrogen-bond donors (Lipinski definition) is 2. The molecule has 0 bridgehead atoms. The van der Waals surface area contributed by atoms with Gasteiger partial charge in [-0.05, 0) is 39.8 Å². The lowest BCUT2D eigenvalue weighted by molar-refractivity contribution is -0.123. The van der Waals surface area contributed by atoms with E-state index in [1.807, 2.05) is 63.8 Å². The number of benzene rings is 1. The van der Waals surface area contributed by atoms with Crippen LogP contribution in [0.1, 0.15) is 44.9 Å². The summed E-state index contributed by atoms with van der Waals surface area (Å²) >= 11 is 0. The van der Waals surface area contributed by atoms with Gasteiger partial charge in [0.05, 0.1) is 12.6 Å². The topological polar surface area (TPSA) is 52.6 Å². The van der Waals surface area contributed by atoms with Crippen molar-refractivity contribution in [1.29, 1.82) is 0 Å². The number of nitrogens with one attached hydrogen (secondary N) is 1. The number of aliphatic hydroxyl groups is 1. The molecule has 4 heteroatoms. The molecule has 118 valence electrons. The van der Waals surface area contributed by atoms with E-state index in [0.717, 1.165) is 12.1 Å². The Hall–Kier alpha value is -1.39. The molecule has 0 fully saturated rings. The third-order valence-electron chi connectivity index (χ3n) is 3.22. The molecule has 0 aliphatic carbocycles. The molecule has 1 amide bonds. The van der Waals surface area contributed by atoms with Crippen LogP contribution in [0.2, 0.25) is 0 Å². The molecule has 1 aromatic carbocycles. The summed E-state index contributed by atoms with van der Waals surface area (Å²) in [5.41, 5.74) is 1.82. The average molecular weight is 292 g/mol. The second kappa shape index (κ2) is 7.57. The molecule has 1 unspecified atom stereocenters. The van der Waals surface area contributed by atoms with Crippen LogP contribution < -0.4 is 5.32 Å². The van der Waals surface area contributed by atoms with E-state index in [-0.39, 0.29) is 11.4 Å². The van der Waals surface area contributed by atoms with Crippen LogP contribution in [-0.2, 0) is 4.79 Å². The molecule has 0 aromatic heterocycles. The molecule has 1 rings (SSSR count). The number of hydrogen-bond acceptors (Lipinski definition) is 3. The molecular weight excluding hydrogens is 264 g/mol. The first kappa shape index (κ1) is 17.7. The predicted octanol–water partition coefficient (Wildman–Crippen LogP) is 2.27. The minimum absolute atomic E-state index is 0.0135. The Morgan fingerprint density at radius 3 is 2.33 bits per heavy atom. The Balaban J connectivity index is 2.57. The van der Waals surface area contributed by atoms with Gasteiger partial charge in [-0.3, -0.25) is 9.69 Å². The number of nitrogens with zero attached hydrogens (tertiary/aromatic N) is 1. The molecule has 0 aliphatic rings. The van der Waals surface area contributed by atoms with Crippen LogP contribution in [0.4, 0.5) is 0 Å². The molecule has 0 saturated heterocycles. The van der Waals surface area contributed by atoms with Crippen LogP contribution in [0.25, 0.3) is 0 Å². The van der Waals surface area contributed by atoms with E-state index in [4.69, 9.17) is 0 Å². The minimum Gasteiger partial charge on any atom is -0.387 e. The molecule has 0 radical (unpaired) electrons. The van der Waals surface area contributed by atoms with Crippen molar-refractivity contribution in [2.24, 2.45) is 0 Å². The van der Waals surface area contributed by atoms with Gasteiger partial charge in [0.15, 0.2) is 0 Å². The molecule has 4 nitrogen and oxygen atoms in total. The number of carbonyl (C=O) groups excluding carboxylic acids is 1. The number of rotatable bonds is 6. The van der Waals surface area contributed by atoms with Crippen molar-refractivity contribution < 1.29 is 9.90 Å². The van der Waals surface area contributed by atoms with Crippen LogP contribution in [0, 0.1) is 6.92 Å². The molecule has 1 aromatic rings. The zero-order valence-corrected chi connectivity index (χ0v) is 13.8. The fourth-order valence-electron chi connectivity index (χ4n) is 2.10. The minimum atomic E-state index is -0.576. The van der Waals surface area contributed by atoms with E-state index in [9.17, 15) is 9.90 Å². The molecule has 1 atom stereocenters. The van der Waals surface area contributed by atoms with E-state index < -0.39 is 6.10 Å². The zero-order chi connectivity index (χ0) is 16.0. The lowest BCUT2D eigenvalue weighted by atomic mass is 10.1. The maximum atomic E-state index is 12.0. The van der Waals surface area contributed by atoms with Crippen molar-refractivity contribution in [3.05, 3.63) is 35.4 Å². The Morgan fingerprint density at radius 2 is 1.86 bits per heavy atom. The molecule has 2 N–H and O–H groups in total. The van der Waals surface area contributed by atoms with Gasteiger partial charge in [-0.1, -0.05) is 36.8 Å². The summed E-state index contributed by atoms with van der Waals surface area (Å²) < 4.78 is 0. The van der Waals surface area contributed by atoms with E-state index in [1.165, 1.54) is 5.56 Å². The smallest absolute Gasteiger partial charge is 0.234 e. The molecule has 0 spiro atoms. The Labute approximate surface area is 128 Å². The third-order valence-corrected chi connectivity index (χ3v) is 3.22. The van der Waals surface area contributed by atoms with Crippen molar-refractivity contribution in [1.82, 2.24) is 10.2 Å². The molecule has 21 heavy (non-hydrogen) atoms. The molecular formula is C17H28N2O2. The van der Waals surface area contributed by atoms with Crippen molar-refractivity contribution in [3.63, 3.8) is 0 Å². The second-order valence-electron chi connectivity index (χ2n) is 6.55. The van der Waals surface area contributed by atoms with Crippen molar-refractivity contribution in [2.75, 3.05) is 19.6 Å². The Kier molecular flexibility index (Phi) is 6.37. The second-order valence-corrected chi connectivity index (χ2v) is 6.55. The standard InChI is InChI=1S/C17H28N2O2/c1-6-19(12-16(21)18-17(3,4)5)11-15(20)14-9-7-13(2)8-10-14/h7-10,15,20H,6,11-12H2,1-5H3,(H,18,21). The molecule has 0 saturated carbocycles. The maximum absolute atomic E-state index is 12.0. The lowest BCUT2D eigenvalue weighted by Gasteiger charge is -2.26. The molecule has 0 heterocycles. The van der Waals surface area contributed by atoms with Gasteiger partial charge in [0.1, 0.15) is 0 Å². The summed E-state index contributed by atoms with van der Waals surface area (Å²) in [6.45, 7) is 11.4. The lowest BCUT2D eigenvalue weighted by Crippen LogP contribution is -2.46. The maximum Gasteiger partial charge on any atom is 0.234 e. The van der Waals surface area contributed by atoms with Crippen LogP contribution >= 0.6 is 0 Å². The van der Waals surface area contributed by atoms with E-state index in [2.05, 4.69) is 5.32 Å². The quantitative estimate of drug-likeness (QED) is 0.845. The van der Waals surface area contributed by atoms with Gasteiger partial charge >= 0.3 is 0 Å². The number of carbonyl (C=O) groups is 1. The highest BCUT2D eigenvalue weighted by atomic mass is 16.3. The van der Waals surface area contributed by atoms with Gasteiger partial charge in [0.2, 0.25) is 5.91 Å². The van der Waals surface area contributed by atoms with Crippen LogP contribution in [0.15, 0.2) is 24.3 Å². The third kappa shape index (κ3) is 6.74. The summed E-state index contributed by atoms with van der Waals surface area (Å²) in [6.07, 6.45) is -0.576. The highest BCUT2D eigenvalue weighted by Gasteiger charge is 2.18. The van der Waals surface area contributed by atoms with Gasteiger partial charge in [-0.15, -0.1) is 0 Å². The van der Waals surface area contributed by atoms with Crippen LogP contribution in [0.3, 0.4) is 0 Å². The monoisotopic (exact) mass is 292 g/mol. The fraction of sp³-hybridized carbons (Fsp3) is 0.588. The fourth-order valence-corrected chi connectivity index (χ4v) is 2.10. The number of aryl methyl sites for hydroxylation is 1. The van der Waals surface area contributed by atoms with Gasteiger partial charge in [-0.2, -0.15) is 0 Å². The first-order valence-corrected chi connectivity index (χ1v) is 7.49. The summed E-state index contributed by atoms with van der Waals surface area (Å²) in [4.78, 5) is 13.9. The van der Waals surface area contributed by atoms with Crippen molar-refractivity contribution in [3.8, 4) is 0 Å². The highest BCUT2D eigenvalue weighted by Crippen LogP contribution is 2.15. The van der Waals surface area contributed by atoms with Crippen molar-refractivity contribution in [2.45, 2.75) is 46.3 Å².